The van der Waals surface area contributed by atoms with Crippen molar-refractivity contribution < 1.29 is 18.9 Å². The molecule has 0 aliphatic heterocycles. The molecule has 0 radical (unpaired) electrons. The van der Waals surface area contributed by atoms with Gasteiger partial charge in [-0.3, -0.25) is 19.4 Å². The molecule has 3 aromatic carbocycles. The first-order valence-corrected chi connectivity index (χ1v) is 17.6. The van der Waals surface area contributed by atoms with Crippen LogP contribution in [0.2, 0.25) is 0 Å². The zero-order chi connectivity index (χ0) is 36.4. The summed E-state index contributed by atoms with van der Waals surface area (Å²) in [6.45, 7) is 1.75. The van der Waals surface area contributed by atoms with Crippen molar-refractivity contribution in [3.05, 3.63) is 96.1 Å². The molecule has 0 bridgehead atoms. The number of hydrogen-bond donors (Lipinski definition) is 6. The average Bonchev–Trinajstić information content (AvgIpc) is 3.09. The van der Waals surface area contributed by atoms with Gasteiger partial charge in [0.1, 0.15) is 12.1 Å². The zero-order valence-electron chi connectivity index (χ0n) is 29.9. The van der Waals surface area contributed by atoms with Gasteiger partial charge in [0.25, 0.3) is 0 Å². The van der Waals surface area contributed by atoms with Gasteiger partial charge < -0.3 is 37.6 Å². The Morgan fingerprint density at radius 2 is 1.30 bits per heavy atom. The van der Waals surface area contributed by atoms with E-state index in [1.807, 2.05) is 84.9 Å². The van der Waals surface area contributed by atoms with Crippen LogP contribution in [0.4, 0.5) is 0 Å². The van der Waals surface area contributed by atoms with E-state index in [-0.39, 0.29) is 18.3 Å². The molecule has 0 saturated heterocycles. The second kappa shape index (κ2) is 20.7. The lowest BCUT2D eigenvalue weighted by Crippen LogP contribution is -2.56. The third kappa shape index (κ3) is 15.2. The molecule has 11 nitrogen and oxygen atoms in total. The maximum atomic E-state index is 13.9. The fourth-order valence-electron chi connectivity index (χ4n) is 5.59. The molecule has 0 saturated carbocycles. The molecule has 0 spiro atoms. The van der Waals surface area contributed by atoms with Crippen LogP contribution in [0, 0.1) is 0 Å². The first kappa shape index (κ1) is 39.7. The largest absolute Gasteiger partial charge is 0.370 e. The fraction of sp³-hybridized carbons (Fsp3) is 0.436. The minimum Gasteiger partial charge on any atom is -0.370 e. The molecule has 50 heavy (non-hydrogen) atoms. The van der Waals surface area contributed by atoms with E-state index in [0.717, 1.165) is 52.5 Å². The number of carbonyl (C=O) groups excluding carboxylic acids is 3. The number of amides is 3. The molecular weight excluding hydrogens is 628 g/mol. The topological polar surface area (TPSA) is 178 Å². The molecule has 3 atom stereocenters. The van der Waals surface area contributed by atoms with Crippen LogP contribution >= 0.6 is 0 Å². The molecule has 0 unspecified atom stereocenters. The zero-order valence-corrected chi connectivity index (χ0v) is 29.9. The molecule has 11 heteroatoms. The van der Waals surface area contributed by atoms with Gasteiger partial charge in [-0.15, -0.1) is 0 Å². The summed E-state index contributed by atoms with van der Waals surface area (Å²) in [6, 6.07) is 25.2. The lowest BCUT2D eigenvalue weighted by Gasteiger charge is -2.25. The third-order valence-electron chi connectivity index (χ3n) is 8.45. The lowest BCUT2D eigenvalue weighted by atomic mass is 9.99. The standard InChI is InChI=1S/C39H56N8O3/c1-47(2,3)27-12-6-11-18-33(40)36(48)46-35(28-30-20-22-32(23-21-30)31-16-9-5-10-17-31)38(50)45-34(19-13-25-44-39(41)42)37(49)43-26-24-29-14-7-4-8-15-29/h4-5,7-10,14-17,20-23,33-35H,6,11-13,18-19,24-28,40H2,1-3H3,(H6-,41,42,43,44,45,46,48,49,50)/p+1/t33-,34-,35-/m0/s1. The predicted molar refractivity (Wildman–Crippen MR) is 202 cm³/mol. The maximum Gasteiger partial charge on any atom is 0.243 e. The van der Waals surface area contributed by atoms with Gasteiger partial charge in [-0.1, -0.05) is 91.3 Å². The summed E-state index contributed by atoms with van der Waals surface area (Å²) >= 11 is 0. The fourth-order valence-corrected chi connectivity index (χ4v) is 5.59. The highest BCUT2D eigenvalue weighted by molar-refractivity contribution is 5.93. The minimum atomic E-state index is -0.952. The van der Waals surface area contributed by atoms with E-state index in [1.165, 1.54) is 0 Å². The van der Waals surface area contributed by atoms with Gasteiger partial charge in [-0.25, -0.2) is 0 Å². The Morgan fingerprint density at radius 1 is 0.680 bits per heavy atom. The molecule has 0 fully saturated rings. The Bertz CT molecular complexity index is 1490. The first-order valence-electron chi connectivity index (χ1n) is 17.6. The van der Waals surface area contributed by atoms with E-state index in [9.17, 15) is 14.4 Å². The van der Waals surface area contributed by atoms with Gasteiger partial charge >= 0.3 is 0 Å². The van der Waals surface area contributed by atoms with Gasteiger partial charge in [-0.05, 0) is 60.8 Å². The van der Waals surface area contributed by atoms with Gasteiger partial charge in [0.15, 0.2) is 5.96 Å². The first-order chi connectivity index (χ1) is 23.9. The van der Waals surface area contributed by atoms with Crippen molar-refractivity contribution in [1.82, 2.24) is 16.0 Å². The predicted octanol–water partition coefficient (Wildman–Crippen LogP) is 2.87. The number of carbonyl (C=O) groups is 3. The summed E-state index contributed by atoms with van der Waals surface area (Å²) in [4.78, 5) is 44.7. The van der Waals surface area contributed by atoms with Crippen molar-refractivity contribution in [2.75, 3.05) is 40.8 Å². The minimum absolute atomic E-state index is 0.0383. The molecule has 9 N–H and O–H groups in total. The highest BCUT2D eigenvalue weighted by Gasteiger charge is 2.28. The van der Waals surface area contributed by atoms with E-state index in [1.54, 1.807) is 0 Å². The van der Waals surface area contributed by atoms with E-state index in [4.69, 9.17) is 17.2 Å². The molecule has 3 aromatic rings. The van der Waals surface area contributed by atoms with Crippen molar-refractivity contribution in [3.8, 4) is 11.1 Å². The van der Waals surface area contributed by atoms with Crippen LogP contribution in [0.25, 0.3) is 11.1 Å². The average molecular weight is 686 g/mol. The Morgan fingerprint density at radius 3 is 1.94 bits per heavy atom. The number of hydrogen-bond acceptors (Lipinski definition) is 5. The SMILES string of the molecule is C[N+](C)(C)CCCCC[C@H](N)C(=O)N[C@@H](Cc1ccc(-c2ccccc2)cc1)C(=O)N[C@@H](CCCN=C(N)N)C(=O)NCCc1ccccc1. The maximum absolute atomic E-state index is 13.9. The molecule has 0 aliphatic carbocycles. The molecule has 0 aliphatic rings. The third-order valence-corrected chi connectivity index (χ3v) is 8.45. The van der Waals surface area contributed by atoms with Crippen LogP contribution in [0.15, 0.2) is 89.9 Å². The van der Waals surface area contributed by atoms with E-state index >= 15 is 0 Å². The van der Waals surface area contributed by atoms with Gasteiger partial charge in [-0.2, -0.15) is 0 Å². The highest BCUT2D eigenvalue weighted by atomic mass is 16.2. The van der Waals surface area contributed by atoms with Crippen LogP contribution in [0.5, 0.6) is 0 Å². The van der Waals surface area contributed by atoms with Crippen LogP contribution < -0.4 is 33.2 Å². The molecule has 270 valence electrons. The number of unbranched alkanes of at least 4 members (excludes halogenated alkanes) is 2. The van der Waals surface area contributed by atoms with Crippen molar-refractivity contribution in [2.24, 2.45) is 22.2 Å². The van der Waals surface area contributed by atoms with Gasteiger partial charge in [0.05, 0.1) is 33.7 Å². The second-order valence-electron chi connectivity index (χ2n) is 13.8. The smallest absolute Gasteiger partial charge is 0.243 e. The van der Waals surface area contributed by atoms with E-state index in [0.29, 0.717) is 38.8 Å². The summed E-state index contributed by atoms with van der Waals surface area (Å²) in [5, 5.41) is 8.76. The number of nitrogens with one attached hydrogen (secondary N) is 3. The number of guanidine groups is 1. The number of nitrogens with zero attached hydrogens (tertiary/aromatic N) is 2. The number of rotatable bonds is 21. The van der Waals surface area contributed by atoms with Crippen LogP contribution in [-0.4, -0.2) is 87.1 Å². The summed E-state index contributed by atoms with van der Waals surface area (Å²) < 4.78 is 0.885. The highest BCUT2D eigenvalue weighted by Crippen LogP contribution is 2.20. The summed E-state index contributed by atoms with van der Waals surface area (Å²) in [6.07, 6.45) is 4.97. The molecule has 3 amide bonds. The second-order valence-corrected chi connectivity index (χ2v) is 13.8. The number of nitrogens with two attached hydrogens (primary N) is 3. The lowest BCUT2D eigenvalue weighted by molar-refractivity contribution is -0.870. The summed E-state index contributed by atoms with van der Waals surface area (Å²) in [5.41, 5.74) is 21.4. The molecule has 0 heterocycles. The van der Waals surface area contributed by atoms with E-state index in [2.05, 4.69) is 42.1 Å². The number of benzene rings is 3. The van der Waals surface area contributed by atoms with Gasteiger partial charge in [0, 0.05) is 19.5 Å². The Balaban J connectivity index is 1.73. The van der Waals surface area contributed by atoms with E-state index < -0.39 is 29.9 Å². The normalized spacial score (nSPS) is 13.0. The summed E-state index contributed by atoms with van der Waals surface area (Å²) in [7, 11) is 6.47. The molecular formula is C39H57N8O3+. The molecule has 0 aromatic heterocycles. The van der Waals surface area contributed by atoms with Crippen molar-refractivity contribution in [1.29, 1.82) is 0 Å². The van der Waals surface area contributed by atoms with Crippen molar-refractivity contribution in [2.45, 2.75) is 69.5 Å². The Hall–Kier alpha value is -4.74. The van der Waals surface area contributed by atoms with Crippen molar-refractivity contribution in [3.63, 3.8) is 0 Å². The van der Waals surface area contributed by atoms with Crippen LogP contribution in [-0.2, 0) is 27.2 Å². The monoisotopic (exact) mass is 685 g/mol. The summed E-state index contributed by atoms with van der Waals surface area (Å²) in [5.74, 6) is -1.22. The Kier molecular flexibility index (Phi) is 16.4. The van der Waals surface area contributed by atoms with Crippen LogP contribution in [0.1, 0.15) is 49.7 Å². The van der Waals surface area contributed by atoms with Crippen LogP contribution in [0.3, 0.4) is 0 Å². The quantitative estimate of drug-likeness (QED) is 0.0435. The number of quaternary nitrogens is 1. The molecule has 3 rings (SSSR count). The number of aliphatic imine (C=N–C) groups is 1. The van der Waals surface area contributed by atoms with Gasteiger partial charge in [0.2, 0.25) is 17.7 Å². The van der Waals surface area contributed by atoms with Crippen molar-refractivity contribution >= 4 is 23.7 Å². The Labute approximate surface area is 297 Å².